The first-order chi connectivity index (χ1) is 9.09. The highest BCUT2D eigenvalue weighted by Crippen LogP contribution is 2.31. The molecule has 0 aliphatic carbocycles. The van der Waals surface area contributed by atoms with E-state index in [0.717, 1.165) is 37.2 Å². The standard InChI is InChI=1S/C14H19NO3S/c16-14-5-3-4-11-10-12(15-8-1-2-9-15)6-7-13(11)19(14,17)18/h6-7,10,14,16H,1-5,8-9H2. The van der Waals surface area contributed by atoms with Gasteiger partial charge in [0.05, 0.1) is 4.90 Å². The summed E-state index contributed by atoms with van der Waals surface area (Å²) in [6.07, 6.45) is 4.18. The smallest absolute Gasteiger partial charge is 0.205 e. The predicted molar refractivity (Wildman–Crippen MR) is 74.0 cm³/mol. The molecule has 0 aromatic heterocycles. The second kappa shape index (κ2) is 4.80. The molecule has 1 aromatic carbocycles. The van der Waals surface area contributed by atoms with E-state index in [4.69, 9.17) is 0 Å². The molecule has 1 atom stereocenters. The Hall–Kier alpha value is -1.07. The fourth-order valence-electron chi connectivity index (χ4n) is 2.98. The average molecular weight is 281 g/mol. The molecule has 104 valence electrons. The molecule has 1 fully saturated rings. The summed E-state index contributed by atoms with van der Waals surface area (Å²) in [5.74, 6) is 0. The van der Waals surface area contributed by atoms with Gasteiger partial charge in [-0.3, -0.25) is 0 Å². The first kappa shape index (κ1) is 12.9. The van der Waals surface area contributed by atoms with Crippen LogP contribution >= 0.6 is 0 Å². The van der Waals surface area contributed by atoms with Crippen molar-refractivity contribution in [2.45, 2.75) is 42.4 Å². The van der Waals surface area contributed by atoms with Crippen molar-refractivity contribution in [3.63, 3.8) is 0 Å². The maximum Gasteiger partial charge on any atom is 0.205 e. The summed E-state index contributed by atoms with van der Waals surface area (Å²) >= 11 is 0. The molecule has 2 heterocycles. The van der Waals surface area contributed by atoms with Gasteiger partial charge in [-0.2, -0.15) is 0 Å². The molecule has 0 bridgehead atoms. The number of nitrogens with zero attached hydrogens (tertiary/aromatic N) is 1. The van der Waals surface area contributed by atoms with Crippen LogP contribution in [0, 0.1) is 0 Å². The number of benzene rings is 1. The molecule has 0 spiro atoms. The summed E-state index contributed by atoms with van der Waals surface area (Å²) in [5.41, 5.74) is 0.732. The normalized spacial score (nSPS) is 25.9. The molecule has 5 heteroatoms. The Balaban J connectivity index is 2.03. The van der Waals surface area contributed by atoms with Crippen molar-refractivity contribution < 1.29 is 13.5 Å². The van der Waals surface area contributed by atoms with Gasteiger partial charge in [0.15, 0.2) is 5.44 Å². The fourth-order valence-corrected chi connectivity index (χ4v) is 4.53. The average Bonchev–Trinajstić information content (AvgIpc) is 2.88. The van der Waals surface area contributed by atoms with E-state index in [1.165, 1.54) is 12.8 Å². The molecule has 1 unspecified atom stereocenters. The van der Waals surface area contributed by atoms with Crippen LogP contribution in [-0.2, 0) is 16.3 Å². The second-order valence-electron chi connectivity index (χ2n) is 5.38. The Kier molecular flexibility index (Phi) is 3.27. The SMILES string of the molecule is O=S1(=O)c2ccc(N3CCCC3)cc2CCCC1O. The van der Waals surface area contributed by atoms with Gasteiger partial charge in [0.2, 0.25) is 9.84 Å². The molecule has 0 saturated carbocycles. The van der Waals surface area contributed by atoms with Crippen molar-refractivity contribution in [1.82, 2.24) is 0 Å². The molecule has 1 saturated heterocycles. The van der Waals surface area contributed by atoms with Crippen LogP contribution in [0.15, 0.2) is 23.1 Å². The number of hydrogen-bond acceptors (Lipinski definition) is 4. The van der Waals surface area contributed by atoms with E-state index < -0.39 is 15.3 Å². The van der Waals surface area contributed by atoms with Crippen molar-refractivity contribution >= 4 is 15.5 Å². The Bertz CT molecular complexity index is 576. The number of hydrogen-bond donors (Lipinski definition) is 1. The number of aliphatic hydroxyl groups is 1. The third-order valence-corrected chi connectivity index (χ3v) is 6.04. The van der Waals surface area contributed by atoms with Crippen LogP contribution in [0.5, 0.6) is 0 Å². The molecular weight excluding hydrogens is 262 g/mol. The van der Waals surface area contributed by atoms with Gasteiger partial charge in [0, 0.05) is 18.8 Å². The fraction of sp³-hybridized carbons (Fsp3) is 0.571. The summed E-state index contributed by atoms with van der Waals surface area (Å²) in [5, 5.41) is 9.75. The topological polar surface area (TPSA) is 57.6 Å². The van der Waals surface area contributed by atoms with Crippen LogP contribution < -0.4 is 4.90 Å². The van der Waals surface area contributed by atoms with Gasteiger partial charge in [-0.1, -0.05) is 0 Å². The van der Waals surface area contributed by atoms with Gasteiger partial charge in [0.1, 0.15) is 0 Å². The van der Waals surface area contributed by atoms with Crippen LogP contribution in [0.25, 0.3) is 0 Å². The first-order valence-corrected chi connectivity index (χ1v) is 8.43. The zero-order valence-corrected chi connectivity index (χ0v) is 11.7. The summed E-state index contributed by atoms with van der Waals surface area (Å²) in [6, 6.07) is 5.54. The third-order valence-electron chi connectivity index (χ3n) is 4.08. The summed E-state index contributed by atoms with van der Waals surface area (Å²) in [7, 11) is -3.56. The van der Waals surface area contributed by atoms with Crippen molar-refractivity contribution in [2.75, 3.05) is 18.0 Å². The van der Waals surface area contributed by atoms with Crippen LogP contribution in [0.1, 0.15) is 31.2 Å². The summed E-state index contributed by atoms with van der Waals surface area (Å²) < 4.78 is 24.4. The molecule has 3 rings (SSSR count). The zero-order chi connectivity index (χ0) is 13.5. The number of sulfone groups is 1. The molecule has 2 aliphatic heterocycles. The van der Waals surface area contributed by atoms with E-state index in [1.54, 1.807) is 6.07 Å². The second-order valence-corrected chi connectivity index (χ2v) is 7.45. The minimum Gasteiger partial charge on any atom is -0.377 e. The summed E-state index contributed by atoms with van der Waals surface area (Å²) in [6.45, 7) is 2.10. The Morgan fingerprint density at radius 3 is 2.63 bits per heavy atom. The number of aryl methyl sites for hydroxylation is 1. The van der Waals surface area contributed by atoms with Gasteiger partial charge in [-0.15, -0.1) is 0 Å². The third kappa shape index (κ3) is 2.25. The number of anilines is 1. The maximum absolute atomic E-state index is 12.2. The molecule has 1 N–H and O–H groups in total. The van der Waals surface area contributed by atoms with Gasteiger partial charge >= 0.3 is 0 Å². The molecule has 0 amide bonds. The molecule has 0 radical (unpaired) electrons. The molecule has 4 nitrogen and oxygen atoms in total. The van der Waals surface area contributed by atoms with Gasteiger partial charge in [-0.05, 0) is 55.9 Å². The molecule has 2 aliphatic rings. The van der Waals surface area contributed by atoms with E-state index in [2.05, 4.69) is 4.90 Å². The Morgan fingerprint density at radius 2 is 1.89 bits per heavy atom. The van der Waals surface area contributed by atoms with Crippen LogP contribution in [0.3, 0.4) is 0 Å². The lowest BCUT2D eigenvalue weighted by atomic mass is 10.1. The highest BCUT2D eigenvalue weighted by atomic mass is 32.2. The van der Waals surface area contributed by atoms with E-state index in [-0.39, 0.29) is 0 Å². The van der Waals surface area contributed by atoms with E-state index >= 15 is 0 Å². The van der Waals surface area contributed by atoms with E-state index in [0.29, 0.717) is 11.3 Å². The molecule has 1 aromatic rings. The van der Waals surface area contributed by atoms with Crippen molar-refractivity contribution in [1.29, 1.82) is 0 Å². The molecular formula is C14H19NO3S. The lowest BCUT2D eigenvalue weighted by Gasteiger charge is -2.19. The van der Waals surface area contributed by atoms with Crippen LogP contribution in [0.2, 0.25) is 0 Å². The monoisotopic (exact) mass is 281 g/mol. The highest BCUT2D eigenvalue weighted by molar-refractivity contribution is 7.92. The van der Waals surface area contributed by atoms with Crippen LogP contribution in [-0.4, -0.2) is 32.0 Å². The zero-order valence-electron chi connectivity index (χ0n) is 10.9. The van der Waals surface area contributed by atoms with Crippen molar-refractivity contribution in [2.24, 2.45) is 0 Å². The number of fused-ring (bicyclic) bond motifs is 1. The lowest BCUT2D eigenvalue weighted by Crippen LogP contribution is -2.21. The van der Waals surface area contributed by atoms with Crippen molar-refractivity contribution in [3.8, 4) is 0 Å². The maximum atomic E-state index is 12.2. The van der Waals surface area contributed by atoms with Gasteiger partial charge < -0.3 is 10.0 Å². The van der Waals surface area contributed by atoms with Gasteiger partial charge in [-0.25, -0.2) is 8.42 Å². The van der Waals surface area contributed by atoms with E-state index in [9.17, 15) is 13.5 Å². The van der Waals surface area contributed by atoms with Gasteiger partial charge in [0.25, 0.3) is 0 Å². The van der Waals surface area contributed by atoms with Crippen LogP contribution in [0.4, 0.5) is 5.69 Å². The largest absolute Gasteiger partial charge is 0.377 e. The molecule has 19 heavy (non-hydrogen) atoms. The highest BCUT2D eigenvalue weighted by Gasteiger charge is 2.30. The first-order valence-electron chi connectivity index (χ1n) is 6.89. The number of aliphatic hydroxyl groups excluding tert-OH is 1. The minimum absolute atomic E-state index is 0.320. The predicted octanol–water partition coefficient (Wildman–Crippen LogP) is 1.72. The minimum atomic E-state index is -3.56. The quantitative estimate of drug-likeness (QED) is 0.851. The Morgan fingerprint density at radius 1 is 1.16 bits per heavy atom. The Labute approximate surface area is 114 Å². The van der Waals surface area contributed by atoms with E-state index in [1.807, 2.05) is 12.1 Å². The van der Waals surface area contributed by atoms with Crippen molar-refractivity contribution in [3.05, 3.63) is 23.8 Å². The number of rotatable bonds is 1. The lowest BCUT2D eigenvalue weighted by molar-refractivity contribution is 0.237. The summed E-state index contributed by atoms with van der Waals surface area (Å²) in [4.78, 5) is 2.62.